The van der Waals surface area contributed by atoms with Crippen LogP contribution in [-0.4, -0.2) is 9.97 Å². The Morgan fingerprint density at radius 2 is 1.78 bits per heavy atom. The standard InChI is InChI=1S/C13H16N4O/c1-9-12(15)13(17-8-16-9)18-7-11-4-2-10(6-14)3-5-11/h2-5,8H,6-7,14-15H2,1H3. The number of ether oxygens (including phenoxy) is 1. The van der Waals surface area contributed by atoms with Gasteiger partial charge in [-0.1, -0.05) is 24.3 Å². The number of nitrogen functional groups attached to an aromatic ring is 1. The molecule has 0 atom stereocenters. The molecule has 5 nitrogen and oxygen atoms in total. The smallest absolute Gasteiger partial charge is 0.240 e. The van der Waals surface area contributed by atoms with Gasteiger partial charge in [0, 0.05) is 6.54 Å². The summed E-state index contributed by atoms with van der Waals surface area (Å²) in [6.45, 7) is 2.78. The highest BCUT2D eigenvalue weighted by Gasteiger charge is 2.05. The van der Waals surface area contributed by atoms with Crippen LogP contribution >= 0.6 is 0 Å². The van der Waals surface area contributed by atoms with Gasteiger partial charge in [-0.05, 0) is 18.1 Å². The molecule has 0 radical (unpaired) electrons. The topological polar surface area (TPSA) is 87.0 Å². The molecule has 0 saturated heterocycles. The summed E-state index contributed by atoms with van der Waals surface area (Å²) < 4.78 is 5.57. The van der Waals surface area contributed by atoms with Crippen molar-refractivity contribution in [2.24, 2.45) is 5.73 Å². The number of aryl methyl sites for hydroxylation is 1. The minimum Gasteiger partial charge on any atom is -0.471 e. The van der Waals surface area contributed by atoms with E-state index in [1.807, 2.05) is 31.2 Å². The van der Waals surface area contributed by atoms with Gasteiger partial charge in [0.25, 0.3) is 0 Å². The van der Waals surface area contributed by atoms with E-state index in [1.54, 1.807) is 0 Å². The van der Waals surface area contributed by atoms with E-state index in [0.29, 0.717) is 24.7 Å². The summed E-state index contributed by atoms with van der Waals surface area (Å²) in [4.78, 5) is 8.00. The van der Waals surface area contributed by atoms with E-state index in [9.17, 15) is 0 Å². The van der Waals surface area contributed by atoms with Crippen molar-refractivity contribution in [3.63, 3.8) is 0 Å². The zero-order valence-electron chi connectivity index (χ0n) is 10.3. The van der Waals surface area contributed by atoms with Crippen molar-refractivity contribution in [1.29, 1.82) is 0 Å². The summed E-state index contributed by atoms with van der Waals surface area (Å²) in [6.07, 6.45) is 1.44. The first-order chi connectivity index (χ1) is 8.70. The molecule has 5 heteroatoms. The predicted molar refractivity (Wildman–Crippen MR) is 69.8 cm³/mol. The van der Waals surface area contributed by atoms with Gasteiger partial charge >= 0.3 is 0 Å². The number of hydrogen-bond acceptors (Lipinski definition) is 5. The third-order valence-corrected chi connectivity index (χ3v) is 2.68. The first kappa shape index (κ1) is 12.3. The summed E-state index contributed by atoms with van der Waals surface area (Å²) in [5.41, 5.74) is 14.7. The van der Waals surface area contributed by atoms with Crippen LogP contribution < -0.4 is 16.2 Å². The number of rotatable bonds is 4. The van der Waals surface area contributed by atoms with Gasteiger partial charge in [-0.3, -0.25) is 0 Å². The lowest BCUT2D eigenvalue weighted by Crippen LogP contribution is -2.04. The fourth-order valence-electron chi connectivity index (χ4n) is 1.50. The minimum absolute atomic E-state index is 0.422. The Hall–Kier alpha value is -2.14. The van der Waals surface area contributed by atoms with Crippen molar-refractivity contribution < 1.29 is 4.74 Å². The van der Waals surface area contributed by atoms with Crippen LogP contribution in [-0.2, 0) is 13.2 Å². The minimum atomic E-state index is 0.422. The van der Waals surface area contributed by atoms with E-state index >= 15 is 0 Å². The molecule has 0 aliphatic carbocycles. The van der Waals surface area contributed by atoms with Gasteiger partial charge in [-0.15, -0.1) is 0 Å². The van der Waals surface area contributed by atoms with Gasteiger partial charge in [0.1, 0.15) is 18.6 Å². The molecule has 0 fully saturated rings. The molecule has 4 N–H and O–H groups in total. The Balaban J connectivity index is 2.04. The Kier molecular flexibility index (Phi) is 3.74. The number of benzene rings is 1. The lowest BCUT2D eigenvalue weighted by Gasteiger charge is -2.09. The van der Waals surface area contributed by atoms with Gasteiger partial charge in [-0.25, -0.2) is 4.98 Å². The molecule has 0 unspecified atom stereocenters. The third kappa shape index (κ3) is 2.75. The summed E-state index contributed by atoms with van der Waals surface area (Å²) in [6, 6.07) is 7.92. The highest BCUT2D eigenvalue weighted by molar-refractivity contribution is 5.50. The molecule has 0 amide bonds. The molecular formula is C13H16N4O. The van der Waals surface area contributed by atoms with Gasteiger partial charge in [0.15, 0.2) is 0 Å². The van der Waals surface area contributed by atoms with Crippen LogP contribution in [0.15, 0.2) is 30.6 Å². The van der Waals surface area contributed by atoms with Crippen LogP contribution in [0.4, 0.5) is 5.69 Å². The zero-order valence-corrected chi connectivity index (χ0v) is 10.3. The highest BCUT2D eigenvalue weighted by atomic mass is 16.5. The van der Waals surface area contributed by atoms with Crippen LogP contribution in [0.2, 0.25) is 0 Å². The molecule has 94 valence electrons. The second-order valence-electron chi connectivity index (χ2n) is 3.99. The van der Waals surface area contributed by atoms with Crippen LogP contribution in [0, 0.1) is 6.92 Å². The fourth-order valence-corrected chi connectivity index (χ4v) is 1.50. The molecule has 0 aliphatic heterocycles. The lowest BCUT2D eigenvalue weighted by atomic mass is 10.1. The molecule has 0 aliphatic rings. The normalized spacial score (nSPS) is 10.3. The summed E-state index contributed by atoms with van der Waals surface area (Å²) in [7, 11) is 0. The van der Waals surface area contributed by atoms with Crippen LogP contribution in [0.25, 0.3) is 0 Å². The van der Waals surface area contributed by atoms with Crippen LogP contribution in [0.1, 0.15) is 16.8 Å². The van der Waals surface area contributed by atoms with Crippen molar-refractivity contribution in [2.45, 2.75) is 20.1 Å². The van der Waals surface area contributed by atoms with E-state index < -0.39 is 0 Å². The average molecular weight is 244 g/mol. The maximum Gasteiger partial charge on any atom is 0.240 e. The van der Waals surface area contributed by atoms with Gasteiger partial charge in [-0.2, -0.15) is 4.98 Å². The van der Waals surface area contributed by atoms with Crippen molar-refractivity contribution in [3.8, 4) is 5.88 Å². The van der Waals surface area contributed by atoms with E-state index in [4.69, 9.17) is 16.2 Å². The maximum atomic E-state index is 5.83. The zero-order chi connectivity index (χ0) is 13.0. The lowest BCUT2D eigenvalue weighted by molar-refractivity contribution is 0.295. The Labute approximate surface area is 106 Å². The third-order valence-electron chi connectivity index (χ3n) is 2.68. The van der Waals surface area contributed by atoms with Gasteiger partial charge < -0.3 is 16.2 Å². The second-order valence-corrected chi connectivity index (χ2v) is 3.99. The first-order valence-corrected chi connectivity index (χ1v) is 5.68. The second kappa shape index (κ2) is 5.46. The number of anilines is 1. The number of aromatic nitrogens is 2. The molecule has 2 aromatic rings. The van der Waals surface area contributed by atoms with E-state index in [1.165, 1.54) is 6.33 Å². The van der Waals surface area contributed by atoms with E-state index in [2.05, 4.69) is 9.97 Å². The quantitative estimate of drug-likeness (QED) is 0.849. The van der Waals surface area contributed by atoms with Crippen molar-refractivity contribution in [2.75, 3.05) is 5.73 Å². The number of nitrogens with two attached hydrogens (primary N) is 2. The molecule has 18 heavy (non-hydrogen) atoms. The predicted octanol–water partition coefficient (Wildman–Crippen LogP) is 1.40. The molecule has 2 rings (SSSR count). The van der Waals surface area contributed by atoms with Gasteiger partial charge in [0.2, 0.25) is 5.88 Å². The maximum absolute atomic E-state index is 5.83. The monoisotopic (exact) mass is 244 g/mol. The molecule has 1 heterocycles. The van der Waals surface area contributed by atoms with Gasteiger partial charge in [0.05, 0.1) is 5.69 Å². The number of nitrogens with zero attached hydrogens (tertiary/aromatic N) is 2. The molecule has 1 aromatic heterocycles. The van der Waals surface area contributed by atoms with Crippen LogP contribution in [0.3, 0.4) is 0 Å². The SMILES string of the molecule is Cc1ncnc(OCc2ccc(CN)cc2)c1N. The molecule has 0 saturated carbocycles. The Morgan fingerprint density at radius 1 is 1.11 bits per heavy atom. The molecule has 0 bridgehead atoms. The van der Waals surface area contributed by atoms with Crippen molar-refractivity contribution >= 4 is 5.69 Å². The fraction of sp³-hybridized carbons (Fsp3) is 0.231. The largest absolute Gasteiger partial charge is 0.471 e. The summed E-state index contributed by atoms with van der Waals surface area (Å²) in [5.74, 6) is 0.422. The van der Waals surface area contributed by atoms with Crippen molar-refractivity contribution in [1.82, 2.24) is 9.97 Å². The molecular weight excluding hydrogens is 228 g/mol. The summed E-state index contributed by atoms with van der Waals surface area (Å²) in [5, 5.41) is 0. The van der Waals surface area contributed by atoms with E-state index in [0.717, 1.165) is 16.8 Å². The average Bonchev–Trinajstić information content (AvgIpc) is 2.41. The molecule has 1 aromatic carbocycles. The van der Waals surface area contributed by atoms with Crippen LogP contribution in [0.5, 0.6) is 5.88 Å². The molecule has 0 spiro atoms. The Morgan fingerprint density at radius 3 is 2.44 bits per heavy atom. The highest BCUT2D eigenvalue weighted by Crippen LogP contribution is 2.20. The Bertz CT molecular complexity index is 525. The van der Waals surface area contributed by atoms with E-state index in [-0.39, 0.29) is 0 Å². The van der Waals surface area contributed by atoms with Crippen molar-refractivity contribution in [3.05, 3.63) is 47.4 Å². The first-order valence-electron chi connectivity index (χ1n) is 5.68. The summed E-state index contributed by atoms with van der Waals surface area (Å²) >= 11 is 0. The number of hydrogen-bond donors (Lipinski definition) is 2.